The van der Waals surface area contributed by atoms with Gasteiger partial charge in [-0.1, -0.05) is 28.3 Å². The number of benzene rings is 1. The van der Waals surface area contributed by atoms with E-state index in [1.165, 1.54) is 25.4 Å². The number of azide groups is 1. The first-order valence-corrected chi connectivity index (χ1v) is 5.75. The standard InChI is InChI=1S/C11H6Cl2N4O2/c1-19-11(18)7-4-15-10-6(9(7)16-17-14)2-5(12)3-8(10)13/h2-4H,1H3. The Morgan fingerprint density at radius 1 is 1.47 bits per heavy atom. The maximum Gasteiger partial charge on any atom is 0.339 e. The average molecular weight is 297 g/mol. The molecule has 0 aliphatic carbocycles. The molecule has 19 heavy (non-hydrogen) atoms. The molecule has 2 aromatic rings. The van der Waals surface area contributed by atoms with Crippen molar-refractivity contribution in [3.05, 3.63) is 44.4 Å². The molecule has 1 aromatic heterocycles. The molecule has 0 N–H and O–H groups in total. The predicted octanol–water partition coefficient (Wildman–Crippen LogP) is 4.27. The van der Waals surface area contributed by atoms with E-state index in [9.17, 15) is 4.79 Å². The molecule has 0 aliphatic heterocycles. The number of pyridine rings is 1. The van der Waals surface area contributed by atoms with Gasteiger partial charge in [0.2, 0.25) is 0 Å². The molecule has 0 saturated carbocycles. The van der Waals surface area contributed by atoms with Crippen LogP contribution in [0.5, 0.6) is 0 Å². The largest absolute Gasteiger partial charge is 0.465 e. The Bertz CT molecular complexity index is 726. The topological polar surface area (TPSA) is 88.0 Å². The molecule has 0 aliphatic rings. The molecule has 0 atom stereocenters. The molecular weight excluding hydrogens is 291 g/mol. The zero-order valence-electron chi connectivity index (χ0n) is 9.59. The molecule has 0 unspecified atom stereocenters. The lowest BCUT2D eigenvalue weighted by Crippen LogP contribution is -2.02. The van der Waals surface area contributed by atoms with Crippen LogP contribution in [0, 0.1) is 0 Å². The highest BCUT2D eigenvalue weighted by Gasteiger charge is 2.16. The van der Waals surface area contributed by atoms with Gasteiger partial charge in [-0.2, -0.15) is 0 Å². The Labute approximate surface area is 117 Å². The summed E-state index contributed by atoms with van der Waals surface area (Å²) >= 11 is 11.9. The summed E-state index contributed by atoms with van der Waals surface area (Å²) < 4.78 is 4.60. The summed E-state index contributed by atoms with van der Waals surface area (Å²) in [6, 6.07) is 3.03. The van der Waals surface area contributed by atoms with Gasteiger partial charge in [-0.15, -0.1) is 0 Å². The van der Waals surface area contributed by atoms with Crippen LogP contribution in [0.2, 0.25) is 10.0 Å². The summed E-state index contributed by atoms with van der Waals surface area (Å²) in [5.41, 5.74) is 9.14. The number of fused-ring (bicyclic) bond motifs is 1. The summed E-state index contributed by atoms with van der Waals surface area (Å²) in [5, 5.41) is 4.54. The normalized spacial score (nSPS) is 10.1. The van der Waals surface area contributed by atoms with Crippen LogP contribution in [0.15, 0.2) is 23.4 Å². The van der Waals surface area contributed by atoms with Crippen LogP contribution >= 0.6 is 23.2 Å². The van der Waals surface area contributed by atoms with Gasteiger partial charge in [0.05, 0.1) is 28.9 Å². The summed E-state index contributed by atoms with van der Waals surface area (Å²) in [6.45, 7) is 0. The Balaban J connectivity index is 2.91. The Hall–Kier alpha value is -2.01. The summed E-state index contributed by atoms with van der Waals surface area (Å²) in [5.74, 6) is -0.659. The number of nitrogens with zero attached hydrogens (tertiary/aromatic N) is 4. The van der Waals surface area contributed by atoms with Crippen molar-refractivity contribution >= 4 is 45.8 Å². The molecular formula is C11H6Cl2N4O2. The monoisotopic (exact) mass is 296 g/mol. The zero-order chi connectivity index (χ0) is 14.0. The van der Waals surface area contributed by atoms with Gasteiger partial charge in [0.15, 0.2) is 0 Å². The minimum Gasteiger partial charge on any atom is -0.465 e. The average Bonchev–Trinajstić information content (AvgIpc) is 2.38. The second-order valence-corrected chi connectivity index (χ2v) is 4.33. The van der Waals surface area contributed by atoms with Crippen molar-refractivity contribution in [1.82, 2.24) is 4.98 Å². The fraction of sp³-hybridized carbons (Fsp3) is 0.0909. The number of carbonyl (C=O) groups excluding carboxylic acids is 1. The first-order chi connectivity index (χ1) is 9.08. The van der Waals surface area contributed by atoms with E-state index >= 15 is 0 Å². The third-order valence-electron chi connectivity index (χ3n) is 2.41. The second kappa shape index (κ2) is 5.32. The lowest BCUT2D eigenvalue weighted by Gasteiger charge is -2.08. The van der Waals surface area contributed by atoms with Crippen molar-refractivity contribution in [3.8, 4) is 0 Å². The Morgan fingerprint density at radius 3 is 2.84 bits per heavy atom. The maximum absolute atomic E-state index is 11.6. The number of rotatable bonds is 2. The lowest BCUT2D eigenvalue weighted by molar-refractivity contribution is 0.0601. The molecule has 6 nitrogen and oxygen atoms in total. The summed E-state index contributed by atoms with van der Waals surface area (Å²) in [7, 11) is 1.22. The molecule has 1 aromatic carbocycles. The van der Waals surface area contributed by atoms with Crippen molar-refractivity contribution in [3.63, 3.8) is 0 Å². The van der Waals surface area contributed by atoms with E-state index in [1.54, 1.807) is 0 Å². The van der Waals surface area contributed by atoms with E-state index in [0.717, 1.165) is 0 Å². The maximum atomic E-state index is 11.6. The van der Waals surface area contributed by atoms with Gasteiger partial charge in [0.25, 0.3) is 0 Å². The molecule has 8 heteroatoms. The van der Waals surface area contributed by atoms with Crippen molar-refractivity contribution in [1.29, 1.82) is 0 Å². The van der Waals surface area contributed by atoms with Gasteiger partial charge in [0, 0.05) is 21.5 Å². The second-order valence-electron chi connectivity index (χ2n) is 3.49. The third kappa shape index (κ3) is 2.42. The predicted molar refractivity (Wildman–Crippen MR) is 71.9 cm³/mol. The summed E-state index contributed by atoms with van der Waals surface area (Å²) in [6.07, 6.45) is 1.25. The van der Waals surface area contributed by atoms with Gasteiger partial charge >= 0.3 is 5.97 Å². The van der Waals surface area contributed by atoms with Gasteiger partial charge in [-0.3, -0.25) is 4.98 Å². The van der Waals surface area contributed by atoms with Crippen molar-refractivity contribution in [2.75, 3.05) is 7.11 Å². The van der Waals surface area contributed by atoms with E-state index < -0.39 is 5.97 Å². The number of ether oxygens (including phenoxy) is 1. The number of aromatic nitrogens is 1. The van der Waals surface area contributed by atoms with Crippen LogP contribution in [0.1, 0.15) is 10.4 Å². The molecule has 0 saturated heterocycles. The van der Waals surface area contributed by atoms with E-state index in [4.69, 9.17) is 28.7 Å². The SMILES string of the molecule is COC(=O)c1cnc2c(Cl)cc(Cl)cc2c1N=[N+]=[N-]. The van der Waals surface area contributed by atoms with Crippen LogP contribution in [0.4, 0.5) is 5.69 Å². The van der Waals surface area contributed by atoms with E-state index in [2.05, 4.69) is 19.7 Å². The fourth-order valence-corrected chi connectivity index (χ4v) is 2.17. The molecule has 0 amide bonds. The summed E-state index contributed by atoms with van der Waals surface area (Å²) in [4.78, 5) is 18.4. The van der Waals surface area contributed by atoms with Crippen molar-refractivity contribution in [2.24, 2.45) is 5.11 Å². The number of hydrogen-bond donors (Lipinski definition) is 0. The third-order valence-corrected chi connectivity index (χ3v) is 2.92. The molecule has 0 radical (unpaired) electrons. The Morgan fingerprint density at radius 2 is 2.21 bits per heavy atom. The number of halogens is 2. The molecule has 96 valence electrons. The highest BCUT2D eigenvalue weighted by molar-refractivity contribution is 6.38. The zero-order valence-corrected chi connectivity index (χ0v) is 11.1. The van der Waals surface area contributed by atoms with Crippen molar-refractivity contribution in [2.45, 2.75) is 0 Å². The van der Waals surface area contributed by atoms with E-state index in [1.807, 2.05) is 0 Å². The van der Waals surface area contributed by atoms with Crippen LogP contribution in [0.3, 0.4) is 0 Å². The molecule has 0 bridgehead atoms. The lowest BCUT2D eigenvalue weighted by atomic mass is 10.1. The highest BCUT2D eigenvalue weighted by atomic mass is 35.5. The molecule has 0 spiro atoms. The molecule has 0 fully saturated rings. The number of hydrogen-bond acceptors (Lipinski definition) is 4. The van der Waals surface area contributed by atoms with E-state index in [-0.39, 0.29) is 11.3 Å². The van der Waals surface area contributed by atoms with Gasteiger partial charge in [-0.25, -0.2) is 4.79 Å². The number of carbonyl (C=O) groups is 1. The van der Waals surface area contributed by atoms with Crippen LogP contribution in [-0.2, 0) is 4.74 Å². The smallest absolute Gasteiger partial charge is 0.339 e. The minimum atomic E-state index is -0.659. The first-order valence-electron chi connectivity index (χ1n) is 4.99. The number of methoxy groups -OCH3 is 1. The van der Waals surface area contributed by atoms with Gasteiger partial charge in [0.1, 0.15) is 0 Å². The minimum absolute atomic E-state index is 0.0473. The van der Waals surface area contributed by atoms with Gasteiger partial charge in [-0.05, 0) is 17.7 Å². The number of esters is 1. The highest BCUT2D eigenvalue weighted by Crippen LogP contribution is 2.35. The van der Waals surface area contributed by atoms with Crippen LogP contribution in [-0.4, -0.2) is 18.1 Å². The van der Waals surface area contributed by atoms with E-state index in [0.29, 0.717) is 20.9 Å². The fourth-order valence-electron chi connectivity index (χ4n) is 1.62. The Kier molecular flexibility index (Phi) is 3.76. The van der Waals surface area contributed by atoms with Crippen molar-refractivity contribution < 1.29 is 9.53 Å². The first kappa shape index (κ1) is 13.4. The molecule has 2 rings (SSSR count). The quantitative estimate of drug-likeness (QED) is 0.359. The van der Waals surface area contributed by atoms with Crippen LogP contribution < -0.4 is 0 Å². The van der Waals surface area contributed by atoms with Crippen LogP contribution in [0.25, 0.3) is 21.3 Å². The molecule has 1 heterocycles. The van der Waals surface area contributed by atoms with Gasteiger partial charge < -0.3 is 4.74 Å².